The Morgan fingerprint density at radius 1 is 1.53 bits per heavy atom. The van der Waals surface area contributed by atoms with Crippen molar-refractivity contribution in [2.75, 3.05) is 12.8 Å². The molecule has 0 amide bonds. The molecule has 1 saturated carbocycles. The van der Waals surface area contributed by atoms with E-state index in [1.165, 1.54) is 12.8 Å². The minimum atomic E-state index is -0.0961. The van der Waals surface area contributed by atoms with Crippen molar-refractivity contribution in [3.8, 4) is 0 Å². The number of hydrogen-bond donors (Lipinski definition) is 3. The Bertz CT molecular complexity index is 372. The van der Waals surface area contributed by atoms with Crippen LogP contribution < -0.4 is 17.0 Å². The summed E-state index contributed by atoms with van der Waals surface area (Å²) in [6.07, 6.45) is 4.15. The summed E-state index contributed by atoms with van der Waals surface area (Å²) in [6.45, 7) is 2.01. The van der Waals surface area contributed by atoms with Crippen molar-refractivity contribution < 1.29 is 4.74 Å². The third kappa shape index (κ3) is 2.41. The first-order chi connectivity index (χ1) is 8.19. The molecular formula is C12H20N4O. The predicted octanol–water partition coefficient (Wildman–Crippen LogP) is 0.902. The smallest absolute Gasteiger partial charge is 0.128 e. The molecule has 1 heterocycles. The van der Waals surface area contributed by atoms with Crippen LogP contribution in [0.4, 0.5) is 5.82 Å². The monoisotopic (exact) mass is 236 g/mol. The van der Waals surface area contributed by atoms with E-state index in [-0.39, 0.29) is 12.1 Å². The molecule has 1 fully saturated rings. The lowest BCUT2D eigenvalue weighted by Crippen LogP contribution is -2.39. The molecule has 0 bridgehead atoms. The van der Waals surface area contributed by atoms with Crippen LogP contribution in [-0.4, -0.2) is 18.2 Å². The Labute approximate surface area is 102 Å². The first-order valence-electron chi connectivity index (χ1n) is 5.89. The molecule has 1 aliphatic rings. The second-order valence-electron chi connectivity index (χ2n) is 4.61. The molecular weight excluding hydrogens is 216 g/mol. The van der Waals surface area contributed by atoms with E-state index in [4.69, 9.17) is 16.3 Å². The van der Waals surface area contributed by atoms with Gasteiger partial charge in [0.05, 0.1) is 12.1 Å². The minimum Gasteiger partial charge on any atom is -0.383 e. The molecule has 1 aliphatic carbocycles. The zero-order chi connectivity index (χ0) is 12.4. The van der Waals surface area contributed by atoms with Crippen LogP contribution in [0.2, 0.25) is 0 Å². The van der Waals surface area contributed by atoms with Gasteiger partial charge < -0.3 is 10.5 Å². The van der Waals surface area contributed by atoms with Crippen molar-refractivity contribution >= 4 is 5.82 Å². The van der Waals surface area contributed by atoms with Crippen LogP contribution in [0.15, 0.2) is 12.3 Å². The van der Waals surface area contributed by atoms with Crippen molar-refractivity contribution in [2.24, 2.45) is 11.8 Å². The summed E-state index contributed by atoms with van der Waals surface area (Å²) in [7, 11) is 1.72. The van der Waals surface area contributed by atoms with Crippen LogP contribution in [0, 0.1) is 12.8 Å². The van der Waals surface area contributed by atoms with Gasteiger partial charge in [0.25, 0.3) is 0 Å². The van der Waals surface area contributed by atoms with E-state index in [0.29, 0.717) is 11.7 Å². The summed E-state index contributed by atoms with van der Waals surface area (Å²) in [4.78, 5) is 4.13. The lowest BCUT2D eigenvalue weighted by atomic mass is 9.95. The van der Waals surface area contributed by atoms with Gasteiger partial charge in [0.2, 0.25) is 0 Å². The summed E-state index contributed by atoms with van der Waals surface area (Å²) in [5, 5.41) is 0. The van der Waals surface area contributed by atoms with Gasteiger partial charge in [-0.2, -0.15) is 0 Å². The molecule has 94 valence electrons. The van der Waals surface area contributed by atoms with E-state index >= 15 is 0 Å². The fraction of sp³-hybridized carbons (Fsp3) is 0.583. The van der Waals surface area contributed by atoms with Gasteiger partial charge in [-0.1, -0.05) is 0 Å². The summed E-state index contributed by atoms with van der Waals surface area (Å²) in [5.74, 6) is 6.76. The number of anilines is 1. The quantitative estimate of drug-likeness (QED) is 0.522. The molecule has 0 aliphatic heterocycles. The van der Waals surface area contributed by atoms with Gasteiger partial charge in [-0.15, -0.1) is 0 Å². The molecule has 17 heavy (non-hydrogen) atoms. The molecule has 0 saturated heterocycles. The number of rotatable bonds is 5. The lowest BCUT2D eigenvalue weighted by molar-refractivity contribution is 0.0506. The van der Waals surface area contributed by atoms with E-state index in [9.17, 15) is 0 Å². The van der Waals surface area contributed by atoms with Crippen molar-refractivity contribution in [1.82, 2.24) is 10.4 Å². The number of hydrazine groups is 1. The molecule has 1 aromatic rings. The van der Waals surface area contributed by atoms with Crippen molar-refractivity contribution in [3.05, 3.63) is 23.4 Å². The van der Waals surface area contributed by atoms with Crippen LogP contribution in [0.1, 0.15) is 30.0 Å². The molecule has 0 aromatic carbocycles. The number of nitrogens with one attached hydrogen (secondary N) is 1. The van der Waals surface area contributed by atoms with Crippen LogP contribution >= 0.6 is 0 Å². The average Bonchev–Trinajstić information content (AvgIpc) is 3.11. The van der Waals surface area contributed by atoms with E-state index in [1.54, 1.807) is 13.3 Å². The van der Waals surface area contributed by atoms with Crippen molar-refractivity contribution in [2.45, 2.75) is 31.9 Å². The molecule has 5 N–H and O–H groups in total. The summed E-state index contributed by atoms with van der Waals surface area (Å²) < 4.78 is 5.57. The maximum absolute atomic E-state index is 5.95. The highest BCUT2D eigenvalue weighted by atomic mass is 16.5. The highest BCUT2D eigenvalue weighted by Gasteiger charge is 2.38. The lowest BCUT2D eigenvalue weighted by Gasteiger charge is -2.27. The Hall–Kier alpha value is -1.17. The third-order valence-corrected chi connectivity index (χ3v) is 3.42. The molecule has 2 rings (SSSR count). The Balaban J connectivity index is 2.33. The largest absolute Gasteiger partial charge is 0.383 e. The van der Waals surface area contributed by atoms with Crippen molar-refractivity contribution in [1.29, 1.82) is 0 Å². The number of aryl methyl sites for hydroxylation is 1. The summed E-state index contributed by atoms with van der Waals surface area (Å²) in [5.41, 5.74) is 10.8. The number of nitrogens with zero attached hydrogens (tertiary/aromatic N) is 1. The molecule has 5 heteroatoms. The van der Waals surface area contributed by atoms with Gasteiger partial charge in [-0.3, -0.25) is 11.3 Å². The van der Waals surface area contributed by atoms with Gasteiger partial charge in [0, 0.05) is 18.9 Å². The highest BCUT2D eigenvalue weighted by molar-refractivity contribution is 5.46. The van der Waals surface area contributed by atoms with Crippen LogP contribution in [-0.2, 0) is 4.74 Å². The second kappa shape index (κ2) is 5.00. The van der Waals surface area contributed by atoms with Crippen molar-refractivity contribution in [3.63, 3.8) is 0 Å². The summed E-state index contributed by atoms with van der Waals surface area (Å²) >= 11 is 0. The zero-order valence-electron chi connectivity index (χ0n) is 10.3. The number of pyridine rings is 1. The number of methoxy groups -OCH3 is 1. The van der Waals surface area contributed by atoms with E-state index < -0.39 is 0 Å². The van der Waals surface area contributed by atoms with Gasteiger partial charge in [0.15, 0.2) is 0 Å². The Kier molecular flexibility index (Phi) is 3.61. The average molecular weight is 236 g/mol. The minimum absolute atomic E-state index is 0.0604. The number of nitrogens with two attached hydrogens (primary N) is 2. The number of aromatic nitrogens is 1. The normalized spacial score (nSPS) is 19.0. The van der Waals surface area contributed by atoms with E-state index in [1.807, 2.05) is 13.0 Å². The van der Waals surface area contributed by atoms with Gasteiger partial charge >= 0.3 is 0 Å². The Morgan fingerprint density at radius 2 is 2.24 bits per heavy atom. The Morgan fingerprint density at radius 3 is 2.71 bits per heavy atom. The number of nitrogen functional groups attached to an aromatic ring is 1. The molecule has 2 unspecified atom stereocenters. The molecule has 5 nitrogen and oxygen atoms in total. The molecule has 2 atom stereocenters. The van der Waals surface area contributed by atoms with Crippen LogP contribution in [0.5, 0.6) is 0 Å². The van der Waals surface area contributed by atoms with Crippen LogP contribution in [0.25, 0.3) is 0 Å². The second-order valence-corrected chi connectivity index (χ2v) is 4.61. The van der Waals surface area contributed by atoms with E-state index in [2.05, 4.69) is 10.4 Å². The van der Waals surface area contributed by atoms with Crippen LogP contribution in [0.3, 0.4) is 0 Å². The molecule has 0 radical (unpaired) electrons. The van der Waals surface area contributed by atoms with Gasteiger partial charge in [0.1, 0.15) is 5.82 Å². The first kappa shape index (κ1) is 12.3. The standard InChI is InChI=1S/C12H20N4O/c1-7-5-6-15-12(13)9(7)10(16-14)11(17-2)8-3-4-8/h5-6,8,10-11,16H,3-4,14H2,1-2H3,(H2,13,15). The maximum Gasteiger partial charge on any atom is 0.128 e. The number of ether oxygens (including phenoxy) is 1. The summed E-state index contributed by atoms with van der Waals surface area (Å²) in [6, 6.07) is 1.84. The first-order valence-corrected chi connectivity index (χ1v) is 5.89. The fourth-order valence-electron chi connectivity index (χ4n) is 2.36. The molecule has 0 spiro atoms. The fourth-order valence-corrected chi connectivity index (χ4v) is 2.36. The topological polar surface area (TPSA) is 86.2 Å². The van der Waals surface area contributed by atoms with Gasteiger partial charge in [-0.05, 0) is 37.3 Å². The highest BCUT2D eigenvalue weighted by Crippen LogP contribution is 2.40. The molecule has 1 aromatic heterocycles. The predicted molar refractivity (Wildman–Crippen MR) is 67.0 cm³/mol. The maximum atomic E-state index is 5.95. The van der Waals surface area contributed by atoms with E-state index in [0.717, 1.165) is 11.1 Å². The van der Waals surface area contributed by atoms with Gasteiger partial charge in [-0.25, -0.2) is 4.98 Å². The number of hydrogen-bond acceptors (Lipinski definition) is 5. The SMILES string of the molecule is COC(C1CC1)C(NN)c1c(C)ccnc1N. The third-order valence-electron chi connectivity index (χ3n) is 3.42. The zero-order valence-corrected chi connectivity index (χ0v) is 10.3.